The number of hydrogen-bond donors (Lipinski definition) is 0. The van der Waals surface area contributed by atoms with Crippen molar-refractivity contribution in [1.29, 1.82) is 0 Å². The molecule has 0 aliphatic carbocycles. The second-order valence-corrected chi connectivity index (χ2v) is 2.17. The van der Waals surface area contributed by atoms with E-state index >= 15 is 0 Å². The molecule has 0 radical (unpaired) electrons. The van der Waals surface area contributed by atoms with E-state index in [2.05, 4.69) is 9.47 Å². The summed E-state index contributed by atoms with van der Waals surface area (Å²) in [5, 5.41) is 0. The van der Waals surface area contributed by atoms with Gasteiger partial charge in [-0.1, -0.05) is 0 Å². The average molecular weight is 184 g/mol. The normalized spacial score (nSPS) is 16.0. The van der Waals surface area contributed by atoms with Crippen LogP contribution in [-0.4, -0.2) is 26.5 Å². The predicted octanol–water partition coefficient (Wildman–Crippen LogP) is 2.11. The van der Waals surface area contributed by atoms with E-state index in [0.717, 1.165) is 13.2 Å². The molecule has 0 aliphatic heterocycles. The van der Waals surface area contributed by atoms with Gasteiger partial charge in [-0.25, -0.2) is 0 Å². The summed E-state index contributed by atoms with van der Waals surface area (Å²) >= 11 is 0. The minimum Gasteiger partial charge on any atom is -0.492 e. The molecule has 0 saturated carbocycles. The number of methoxy groups -OCH3 is 2. The van der Waals surface area contributed by atoms with Crippen LogP contribution in [0, 0.1) is 0 Å². The zero-order chi connectivity index (χ0) is 9.78. The summed E-state index contributed by atoms with van der Waals surface area (Å²) in [6.07, 6.45) is -4.18. The number of halogens is 3. The number of rotatable bonds is 3. The first-order valence-electron chi connectivity index (χ1n) is 3.27. The zero-order valence-corrected chi connectivity index (χ0v) is 7.11. The van der Waals surface area contributed by atoms with E-state index in [1.807, 2.05) is 0 Å². The molecule has 0 N–H and O–H groups in total. The lowest BCUT2D eigenvalue weighted by atomic mass is 10.3. The van der Waals surface area contributed by atoms with Crippen molar-refractivity contribution in [3.8, 4) is 0 Å². The first kappa shape index (κ1) is 11.3. The Morgan fingerprint density at radius 1 is 1.33 bits per heavy atom. The molecule has 0 aliphatic rings. The first-order chi connectivity index (χ1) is 5.41. The lowest BCUT2D eigenvalue weighted by molar-refractivity contribution is -0.127. The fraction of sp³-hybridized carbons (Fsp3) is 0.714. The Morgan fingerprint density at radius 3 is 2.08 bits per heavy atom. The smallest absolute Gasteiger partial charge is 0.448 e. The van der Waals surface area contributed by atoms with Crippen LogP contribution in [0.25, 0.3) is 0 Å². The number of allylic oxidation sites excluding steroid dienone is 1. The minimum absolute atomic E-state index is 0.610. The monoisotopic (exact) mass is 184 g/mol. The van der Waals surface area contributed by atoms with Gasteiger partial charge in [-0.05, 0) is 13.0 Å². The van der Waals surface area contributed by atoms with E-state index in [9.17, 15) is 13.2 Å². The van der Waals surface area contributed by atoms with Crippen molar-refractivity contribution < 1.29 is 22.6 Å². The van der Waals surface area contributed by atoms with Gasteiger partial charge in [0, 0.05) is 7.11 Å². The quantitative estimate of drug-likeness (QED) is 0.625. The van der Waals surface area contributed by atoms with Crippen molar-refractivity contribution in [2.45, 2.75) is 19.2 Å². The third kappa shape index (κ3) is 3.61. The van der Waals surface area contributed by atoms with Gasteiger partial charge in [0.2, 0.25) is 0 Å². The molecule has 1 unspecified atom stereocenters. The summed E-state index contributed by atoms with van der Waals surface area (Å²) in [5.74, 6) is -1.03. The summed E-state index contributed by atoms with van der Waals surface area (Å²) in [4.78, 5) is 0. The highest BCUT2D eigenvalue weighted by Crippen LogP contribution is 2.26. The highest BCUT2D eigenvalue weighted by Gasteiger charge is 2.35. The fourth-order valence-electron chi connectivity index (χ4n) is 0.559. The SMILES string of the molecule is COC(=CC(C)OC)C(F)(F)F. The van der Waals surface area contributed by atoms with Gasteiger partial charge in [-0.15, -0.1) is 0 Å². The Hall–Kier alpha value is -0.710. The molecular weight excluding hydrogens is 173 g/mol. The molecule has 0 fully saturated rings. The van der Waals surface area contributed by atoms with Crippen molar-refractivity contribution in [2.24, 2.45) is 0 Å². The Labute approximate surface area is 69.0 Å². The Kier molecular flexibility index (Phi) is 4.09. The third-order valence-electron chi connectivity index (χ3n) is 1.26. The van der Waals surface area contributed by atoms with Gasteiger partial charge in [0.1, 0.15) is 0 Å². The molecule has 12 heavy (non-hydrogen) atoms. The van der Waals surface area contributed by atoms with Crippen LogP contribution in [0.3, 0.4) is 0 Å². The molecule has 2 nitrogen and oxygen atoms in total. The third-order valence-corrected chi connectivity index (χ3v) is 1.26. The van der Waals surface area contributed by atoms with Crippen molar-refractivity contribution in [3.63, 3.8) is 0 Å². The summed E-state index contributed by atoms with van der Waals surface area (Å²) in [7, 11) is 2.30. The van der Waals surface area contributed by atoms with E-state index < -0.39 is 18.0 Å². The number of ether oxygens (including phenoxy) is 2. The topological polar surface area (TPSA) is 18.5 Å². The molecule has 0 amide bonds. The summed E-state index contributed by atoms with van der Waals surface area (Å²) < 4.78 is 44.7. The van der Waals surface area contributed by atoms with Crippen LogP contribution in [-0.2, 0) is 9.47 Å². The van der Waals surface area contributed by atoms with Gasteiger partial charge in [-0.3, -0.25) is 0 Å². The van der Waals surface area contributed by atoms with E-state index in [1.165, 1.54) is 14.0 Å². The summed E-state index contributed by atoms with van der Waals surface area (Å²) in [6, 6.07) is 0. The first-order valence-corrected chi connectivity index (χ1v) is 3.27. The lowest BCUT2D eigenvalue weighted by Crippen LogP contribution is -2.16. The predicted molar refractivity (Wildman–Crippen MR) is 37.6 cm³/mol. The molecule has 1 atom stereocenters. The van der Waals surface area contributed by atoms with Crippen LogP contribution in [0.15, 0.2) is 11.8 Å². The highest BCUT2D eigenvalue weighted by molar-refractivity contribution is 5.02. The van der Waals surface area contributed by atoms with Crippen molar-refractivity contribution in [2.75, 3.05) is 14.2 Å². The maximum atomic E-state index is 12.0. The van der Waals surface area contributed by atoms with Crippen LogP contribution in [0.4, 0.5) is 13.2 Å². The van der Waals surface area contributed by atoms with Gasteiger partial charge in [0.15, 0.2) is 5.76 Å². The van der Waals surface area contributed by atoms with E-state index in [0.29, 0.717) is 0 Å². The van der Waals surface area contributed by atoms with Gasteiger partial charge in [0.05, 0.1) is 13.2 Å². The molecule has 0 aromatic carbocycles. The van der Waals surface area contributed by atoms with Crippen LogP contribution in [0.1, 0.15) is 6.92 Å². The molecule has 72 valence electrons. The van der Waals surface area contributed by atoms with Crippen molar-refractivity contribution >= 4 is 0 Å². The van der Waals surface area contributed by atoms with Gasteiger partial charge < -0.3 is 9.47 Å². The van der Waals surface area contributed by atoms with Gasteiger partial charge in [0.25, 0.3) is 0 Å². The molecule has 0 aromatic heterocycles. The Balaban J connectivity index is 4.44. The molecule has 0 heterocycles. The van der Waals surface area contributed by atoms with Crippen LogP contribution < -0.4 is 0 Å². The average Bonchev–Trinajstić information content (AvgIpc) is 1.97. The lowest BCUT2D eigenvalue weighted by Gasteiger charge is -2.11. The fourth-order valence-corrected chi connectivity index (χ4v) is 0.559. The van der Waals surface area contributed by atoms with Crippen molar-refractivity contribution in [1.82, 2.24) is 0 Å². The molecular formula is C7H11F3O2. The Bertz CT molecular complexity index is 163. The largest absolute Gasteiger partial charge is 0.492 e. The molecule has 0 rings (SSSR count). The van der Waals surface area contributed by atoms with Crippen LogP contribution >= 0.6 is 0 Å². The minimum atomic E-state index is -4.44. The number of hydrogen-bond acceptors (Lipinski definition) is 2. The van der Waals surface area contributed by atoms with Crippen LogP contribution in [0.2, 0.25) is 0 Å². The standard InChI is InChI=1S/C7H11F3O2/c1-5(11-2)4-6(12-3)7(8,9)10/h4-5H,1-3H3. The molecule has 0 aromatic rings. The zero-order valence-electron chi connectivity index (χ0n) is 7.11. The van der Waals surface area contributed by atoms with E-state index in [4.69, 9.17) is 0 Å². The van der Waals surface area contributed by atoms with Crippen molar-refractivity contribution in [3.05, 3.63) is 11.8 Å². The summed E-state index contributed by atoms with van der Waals surface area (Å²) in [6.45, 7) is 1.49. The maximum Gasteiger partial charge on any atom is 0.448 e. The molecule has 5 heteroatoms. The molecule has 0 saturated heterocycles. The van der Waals surface area contributed by atoms with Crippen LogP contribution in [0.5, 0.6) is 0 Å². The highest BCUT2D eigenvalue weighted by atomic mass is 19.4. The maximum absolute atomic E-state index is 12.0. The molecule has 0 spiro atoms. The number of alkyl halides is 3. The second kappa shape index (κ2) is 4.35. The van der Waals surface area contributed by atoms with E-state index in [-0.39, 0.29) is 0 Å². The Morgan fingerprint density at radius 2 is 1.83 bits per heavy atom. The van der Waals surface area contributed by atoms with E-state index in [1.54, 1.807) is 0 Å². The summed E-state index contributed by atoms with van der Waals surface area (Å²) in [5.41, 5.74) is 0. The second-order valence-electron chi connectivity index (χ2n) is 2.17. The molecule has 0 bridgehead atoms. The van der Waals surface area contributed by atoms with Gasteiger partial charge in [-0.2, -0.15) is 13.2 Å². The van der Waals surface area contributed by atoms with Gasteiger partial charge >= 0.3 is 6.18 Å².